The molecule has 0 saturated carbocycles. The fourth-order valence-corrected chi connectivity index (χ4v) is 6.28. The van der Waals surface area contributed by atoms with E-state index in [2.05, 4.69) is 39.5 Å². The second kappa shape index (κ2) is 10.8. The Morgan fingerprint density at radius 1 is 1.03 bits per heavy atom. The van der Waals surface area contributed by atoms with Crippen LogP contribution < -0.4 is 5.32 Å². The van der Waals surface area contributed by atoms with Gasteiger partial charge in [-0.05, 0) is 43.4 Å². The van der Waals surface area contributed by atoms with Crippen molar-refractivity contribution in [3.63, 3.8) is 0 Å². The maximum atomic E-state index is 12.6. The topological polar surface area (TPSA) is 82.6 Å². The molecule has 32 heavy (non-hydrogen) atoms. The minimum Gasteiger partial charge on any atom is -0.353 e. The summed E-state index contributed by atoms with van der Waals surface area (Å²) in [5.74, 6) is 0.266. The molecule has 0 radical (unpaired) electrons. The zero-order valence-electron chi connectivity index (χ0n) is 18.2. The van der Waals surface area contributed by atoms with Crippen LogP contribution in [0, 0.1) is 0 Å². The van der Waals surface area contributed by atoms with Crippen LogP contribution in [0.5, 0.6) is 0 Å². The van der Waals surface area contributed by atoms with E-state index < -0.39 is 10.0 Å². The molecule has 3 heterocycles. The van der Waals surface area contributed by atoms with Gasteiger partial charge in [-0.3, -0.25) is 9.69 Å². The summed E-state index contributed by atoms with van der Waals surface area (Å²) in [5, 5.41) is 3.78. The molecule has 1 amide bonds. The van der Waals surface area contributed by atoms with Crippen LogP contribution in [0.1, 0.15) is 31.2 Å². The lowest BCUT2D eigenvalue weighted by atomic mass is 10.0. The fourth-order valence-electron chi connectivity index (χ4n) is 4.17. The number of carbonyl (C=O) groups excluding carboxylic acids is 1. The van der Waals surface area contributed by atoms with Gasteiger partial charge in [-0.25, -0.2) is 13.4 Å². The predicted octanol–water partition coefficient (Wildman–Crippen LogP) is 2.74. The molecule has 0 spiro atoms. The summed E-state index contributed by atoms with van der Waals surface area (Å²) in [7, 11) is -3.45. The summed E-state index contributed by atoms with van der Waals surface area (Å²) in [6.07, 6.45) is 5.11. The number of hydrogen-bond acceptors (Lipinski definition) is 6. The monoisotopic (exact) mass is 474 g/mol. The Hall–Kier alpha value is -1.94. The van der Waals surface area contributed by atoms with Crippen molar-refractivity contribution in [2.75, 3.05) is 31.9 Å². The summed E-state index contributed by atoms with van der Waals surface area (Å²) < 4.78 is 26.6. The van der Waals surface area contributed by atoms with Crippen molar-refractivity contribution < 1.29 is 13.2 Å². The van der Waals surface area contributed by atoms with E-state index in [1.165, 1.54) is 27.8 Å². The summed E-state index contributed by atoms with van der Waals surface area (Å²) >= 11 is 1.33. The van der Waals surface area contributed by atoms with Gasteiger partial charge in [0.25, 0.3) is 0 Å². The molecule has 2 fully saturated rings. The van der Waals surface area contributed by atoms with E-state index >= 15 is 0 Å². The first-order valence-corrected chi connectivity index (χ1v) is 13.6. The number of aromatic nitrogens is 1. The van der Waals surface area contributed by atoms with Gasteiger partial charge in [0.2, 0.25) is 15.9 Å². The molecular formula is C23H30N4O3S2. The number of amides is 1. The van der Waals surface area contributed by atoms with Crippen molar-refractivity contribution in [3.8, 4) is 0 Å². The number of benzene rings is 1. The van der Waals surface area contributed by atoms with Crippen LogP contribution in [0.25, 0.3) is 0 Å². The lowest BCUT2D eigenvalue weighted by Crippen LogP contribution is -2.44. The van der Waals surface area contributed by atoms with Crippen molar-refractivity contribution in [1.82, 2.24) is 19.5 Å². The molecule has 0 unspecified atom stereocenters. The molecule has 172 valence electrons. The molecule has 0 atom stereocenters. The molecule has 1 aromatic carbocycles. The number of hydrogen-bond donors (Lipinski definition) is 1. The van der Waals surface area contributed by atoms with E-state index in [1.54, 1.807) is 12.1 Å². The normalized spacial score (nSPS) is 18.6. The highest BCUT2D eigenvalue weighted by Crippen LogP contribution is 2.22. The van der Waals surface area contributed by atoms with E-state index in [9.17, 15) is 13.2 Å². The highest BCUT2D eigenvalue weighted by molar-refractivity contribution is 7.99. The average Bonchev–Trinajstić information content (AvgIpc) is 3.36. The standard InChI is InChI=1S/C23H30N4O3S2/c28-22(25-20-10-14-26(15-11-20)17-19-6-2-1-3-7-19)18-31-23-9-8-21(16-24-23)32(29,30)27-12-4-5-13-27/h1-3,6-9,16,20H,4-5,10-15,17-18H2,(H,25,28). The molecular weight excluding hydrogens is 444 g/mol. The highest BCUT2D eigenvalue weighted by atomic mass is 32.2. The molecule has 1 N–H and O–H groups in total. The molecule has 7 nitrogen and oxygen atoms in total. The number of nitrogens with one attached hydrogen (secondary N) is 1. The second-order valence-electron chi connectivity index (χ2n) is 8.34. The van der Waals surface area contributed by atoms with Crippen LogP contribution in [0.2, 0.25) is 0 Å². The van der Waals surface area contributed by atoms with Crippen molar-refractivity contribution >= 4 is 27.7 Å². The maximum absolute atomic E-state index is 12.6. The summed E-state index contributed by atoms with van der Waals surface area (Å²) in [6, 6.07) is 13.9. The molecule has 0 aliphatic carbocycles. The molecule has 2 saturated heterocycles. The predicted molar refractivity (Wildman–Crippen MR) is 126 cm³/mol. The van der Waals surface area contributed by atoms with Gasteiger partial charge in [-0.1, -0.05) is 42.1 Å². The largest absolute Gasteiger partial charge is 0.353 e. The lowest BCUT2D eigenvalue weighted by Gasteiger charge is -2.32. The molecule has 9 heteroatoms. The van der Waals surface area contributed by atoms with Crippen molar-refractivity contribution in [2.24, 2.45) is 0 Å². The van der Waals surface area contributed by atoms with Crippen LogP contribution >= 0.6 is 11.8 Å². The number of likely N-dealkylation sites (tertiary alicyclic amines) is 1. The third kappa shape index (κ3) is 6.10. The Morgan fingerprint density at radius 3 is 2.41 bits per heavy atom. The number of nitrogens with zero attached hydrogens (tertiary/aromatic N) is 3. The van der Waals surface area contributed by atoms with Gasteiger partial charge in [0, 0.05) is 45.0 Å². The van der Waals surface area contributed by atoms with Crippen LogP contribution in [-0.4, -0.2) is 66.5 Å². The van der Waals surface area contributed by atoms with Gasteiger partial charge in [0.15, 0.2) is 0 Å². The van der Waals surface area contributed by atoms with Crippen LogP contribution in [-0.2, 0) is 21.4 Å². The third-order valence-corrected chi connectivity index (χ3v) is 8.79. The van der Waals surface area contributed by atoms with Crippen LogP contribution in [0.15, 0.2) is 58.6 Å². The maximum Gasteiger partial charge on any atom is 0.244 e. The summed E-state index contributed by atoms with van der Waals surface area (Å²) in [4.78, 5) is 19.3. The Kier molecular flexibility index (Phi) is 7.83. The first-order valence-electron chi connectivity index (χ1n) is 11.2. The zero-order chi connectivity index (χ0) is 22.4. The van der Waals surface area contributed by atoms with Gasteiger partial charge in [0.05, 0.1) is 10.8 Å². The number of thioether (sulfide) groups is 1. The van der Waals surface area contributed by atoms with Crippen molar-refractivity contribution in [3.05, 3.63) is 54.2 Å². The fraction of sp³-hybridized carbons (Fsp3) is 0.478. The zero-order valence-corrected chi connectivity index (χ0v) is 19.8. The van der Waals surface area contributed by atoms with E-state index in [0.717, 1.165) is 45.3 Å². The lowest BCUT2D eigenvalue weighted by molar-refractivity contribution is -0.119. The highest BCUT2D eigenvalue weighted by Gasteiger charge is 2.27. The number of piperidine rings is 1. The smallest absolute Gasteiger partial charge is 0.244 e. The van der Waals surface area contributed by atoms with E-state index in [4.69, 9.17) is 0 Å². The van der Waals surface area contributed by atoms with Gasteiger partial charge in [-0.2, -0.15) is 4.31 Å². The molecule has 2 aliphatic rings. The quantitative estimate of drug-likeness (QED) is 0.593. The molecule has 4 rings (SSSR count). The molecule has 0 bridgehead atoms. The third-order valence-electron chi connectivity index (χ3n) is 5.96. The van der Waals surface area contributed by atoms with E-state index in [-0.39, 0.29) is 22.6 Å². The Morgan fingerprint density at radius 2 is 1.75 bits per heavy atom. The number of pyridine rings is 1. The van der Waals surface area contributed by atoms with Crippen molar-refractivity contribution in [2.45, 2.75) is 48.2 Å². The van der Waals surface area contributed by atoms with E-state index in [0.29, 0.717) is 18.1 Å². The average molecular weight is 475 g/mol. The van der Waals surface area contributed by atoms with Gasteiger partial charge >= 0.3 is 0 Å². The SMILES string of the molecule is O=C(CSc1ccc(S(=O)(=O)N2CCCC2)cn1)NC1CCN(Cc2ccccc2)CC1. The van der Waals surface area contributed by atoms with Gasteiger partial charge in [-0.15, -0.1) is 0 Å². The van der Waals surface area contributed by atoms with Gasteiger partial charge in [0.1, 0.15) is 4.90 Å². The minimum absolute atomic E-state index is 0.00734. The molecule has 2 aromatic rings. The summed E-state index contributed by atoms with van der Waals surface area (Å²) in [5.41, 5.74) is 1.32. The first-order chi connectivity index (χ1) is 15.5. The minimum atomic E-state index is -3.45. The van der Waals surface area contributed by atoms with Gasteiger partial charge < -0.3 is 5.32 Å². The van der Waals surface area contributed by atoms with Crippen LogP contribution in [0.3, 0.4) is 0 Å². The van der Waals surface area contributed by atoms with Crippen molar-refractivity contribution in [1.29, 1.82) is 0 Å². The van der Waals surface area contributed by atoms with Crippen LogP contribution in [0.4, 0.5) is 0 Å². The van der Waals surface area contributed by atoms with E-state index in [1.807, 2.05) is 6.07 Å². The molecule has 1 aromatic heterocycles. The Labute approximate surface area is 194 Å². The first kappa shape index (κ1) is 23.2. The number of carbonyl (C=O) groups is 1. The number of sulfonamides is 1. The molecule has 2 aliphatic heterocycles. The Bertz CT molecular complexity index is 986. The summed E-state index contributed by atoms with van der Waals surface area (Å²) in [6.45, 7) is 4.05. The number of rotatable bonds is 8. The Balaban J connectivity index is 1.19. The second-order valence-corrected chi connectivity index (χ2v) is 11.3.